The molecule has 0 aliphatic heterocycles. The molecular weight excluding hydrogens is 274 g/mol. The van der Waals surface area contributed by atoms with E-state index in [1.165, 1.54) is 38.8 Å². The molecule has 0 spiro atoms. The highest BCUT2D eigenvalue weighted by atomic mass is 32.1. The first-order valence-electron chi connectivity index (χ1n) is 7.56. The van der Waals surface area contributed by atoms with Crippen LogP contribution in [0.5, 0.6) is 0 Å². The van der Waals surface area contributed by atoms with E-state index in [0.717, 1.165) is 13.1 Å². The Morgan fingerprint density at radius 1 is 1.05 bits per heavy atom. The van der Waals surface area contributed by atoms with Crippen LogP contribution in [0.4, 0.5) is 0 Å². The second-order valence-electron chi connectivity index (χ2n) is 5.47. The average molecular weight is 295 g/mol. The van der Waals surface area contributed by atoms with Gasteiger partial charge < -0.3 is 5.32 Å². The molecule has 3 rings (SSSR count). The Kier molecular flexibility index (Phi) is 4.37. The molecule has 0 saturated carbocycles. The van der Waals surface area contributed by atoms with Gasteiger partial charge in [-0.15, -0.1) is 11.3 Å². The van der Waals surface area contributed by atoms with Crippen LogP contribution in [0.3, 0.4) is 0 Å². The zero-order valence-corrected chi connectivity index (χ0v) is 13.5. The van der Waals surface area contributed by atoms with Crippen LogP contribution in [0.2, 0.25) is 0 Å². The molecule has 0 amide bonds. The maximum absolute atomic E-state index is 3.47. The van der Waals surface area contributed by atoms with Crippen LogP contribution in [-0.2, 0) is 6.54 Å². The standard InChI is InChI=1S/C19H21NS/c1-3-10-20-13-15-7-8-17(14(2)12-15)18-6-4-5-16-9-11-21-19(16)18/h4-9,11-12,20H,3,10,13H2,1-2H3. The van der Waals surface area contributed by atoms with Gasteiger partial charge in [0.2, 0.25) is 0 Å². The molecular formula is C19H21NS. The highest BCUT2D eigenvalue weighted by molar-refractivity contribution is 7.17. The van der Waals surface area contributed by atoms with Gasteiger partial charge in [0.05, 0.1) is 0 Å². The van der Waals surface area contributed by atoms with E-state index in [4.69, 9.17) is 0 Å². The SMILES string of the molecule is CCCNCc1ccc(-c2cccc3ccsc23)c(C)c1. The van der Waals surface area contributed by atoms with E-state index in [0.29, 0.717) is 0 Å². The predicted octanol–water partition coefficient (Wildman–Crippen LogP) is 5.38. The van der Waals surface area contributed by atoms with Crippen LogP contribution in [0, 0.1) is 6.92 Å². The van der Waals surface area contributed by atoms with Crippen molar-refractivity contribution < 1.29 is 0 Å². The number of benzene rings is 2. The molecule has 1 nitrogen and oxygen atoms in total. The number of hydrogen-bond acceptors (Lipinski definition) is 2. The lowest BCUT2D eigenvalue weighted by Gasteiger charge is -2.10. The van der Waals surface area contributed by atoms with Crippen molar-refractivity contribution in [2.24, 2.45) is 0 Å². The lowest BCUT2D eigenvalue weighted by atomic mass is 9.97. The molecule has 0 bridgehead atoms. The van der Waals surface area contributed by atoms with Gasteiger partial charge in [-0.3, -0.25) is 0 Å². The van der Waals surface area contributed by atoms with Crippen molar-refractivity contribution in [2.75, 3.05) is 6.54 Å². The van der Waals surface area contributed by atoms with Crippen LogP contribution in [0.15, 0.2) is 47.8 Å². The minimum absolute atomic E-state index is 0.957. The fourth-order valence-electron chi connectivity index (χ4n) is 2.75. The third-order valence-electron chi connectivity index (χ3n) is 3.82. The van der Waals surface area contributed by atoms with E-state index < -0.39 is 0 Å². The third-order valence-corrected chi connectivity index (χ3v) is 4.78. The molecule has 1 heterocycles. The summed E-state index contributed by atoms with van der Waals surface area (Å²) >= 11 is 1.83. The van der Waals surface area contributed by atoms with Gasteiger partial charge >= 0.3 is 0 Å². The summed E-state index contributed by atoms with van der Waals surface area (Å²) in [5.74, 6) is 0. The highest BCUT2D eigenvalue weighted by Gasteiger charge is 2.08. The van der Waals surface area contributed by atoms with Gasteiger partial charge in [-0.2, -0.15) is 0 Å². The first kappa shape index (κ1) is 14.3. The van der Waals surface area contributed by atoms with Gasteiger partial charge in [-0.25, -0.2) is 0 Å². The maximum atomic E-state index is 3.47. The zero-order chi connectivity index (χ0) is 14.7. The second-order valence-corrected chi connectivity index (χ2v) is 6.39. The molecule has 21 heavy (non-hydrogen) atoms. The van der Waals surface area contributed by atoms with Crippen molar-refractivity contribution in [3.05, 3.63) is 59.0 Å². The fourth-order valence-corrected chi connectivity index (χ4v) is 3.68. The molecule has 3 aromatic rings. The zero-order valence-electron chi connectivity index (χ0n) is 12.6. The molecule has 0 radical (unpaired) electrons. The molecule has 2 aromatic carbocycles. The summed E-state index contributed by atoms with van der Waals surface area (Å²) in [6.07, 6.45) is 1.18. The summed E-state index contributed by atoms with van der Waals surface area (Å²) in [4.78, 5) is 0. The molecule has 0 aliphatic carbocycles. The van der Waals surface area contributed by atoms with Crippen molar-refractivity contribution in [1.82, 2.24) is 5.32 Å². The number of thiophene rings is 1. The van der Waals surface area contributed by atoms with E-state index in [-0.39, 0.29) is 0 Å². The molecule has 0 fully saturated rings. The summed E-state index contributed by atoms with van der Waals surface area (Å²) < 4.78 is 1.39. The minimum atomic E-state index is 0.957. The molecule has 0 unspecified atom stereocenters. The van der Waals surface area contributed by atoms with E-state index in [9.17, 15) is 0 Å². The molecule has 2 heteroatoms. The topological polar surface area (TPSA) is 12.0 Å². The number of nitrogens with one attached hydrogen (secondary N) is 1. The van der Waals surface area contributed by atoms with Crippen LogP contribution in [0.1, 0.15) is 24.5 Å². The first-order valence-corrected chi connectivity index (χ1v) is 8.44. The molecule has 108 valence electrons. The van der Waals surface area contributed by atoms with E-state index >= 15 is 0 Å². The Bertz CT molecular complexity index is 742. The highest BCUT2D eigenvalue weighted by Crippen LogP contribution is 2.34. The molecule has 0 atom stereocenters. The quantitative estimate of drug-likeness (QED) is 0.623. The summed E-state index contributed by atoms with van der Waals surface area (Å²) in [6, 6.07) is 15.6. The van der Waals surface area contributed by atoms with Gasteiger partial charge in [-0.1, -0.05) is 43.3 Å². The largest absolute Gasteiger partial charge is 0.313 e. The number of aryl methyl sites for hydroxylation is 1. The van der Waals surface area contributed by atoms with Crippen molar-refractivity contribution in [3.8, 4) is 11.1 Å². The lowest BCUT2D eigenvalue weighted by Crippen LogP contribution is -2.13. The van der Waals surface area contributed by atoms with E-state index in [1.807, 2.05) is 11.3 Å². The summed E-state index contributed by atoms with van der Waals surface area (Å²) in [6.45, 7) is 6.45. The molecule has 0 saturated heterocycles. The monoisotopic (exact) mass is 295 g/mol. The summed E-state index contributed by atoms with van der Waals surface area (Å²) in [7, 11) is 0. The lowest BCUT2D eigenvalue weighted by molar-refractivity contribution is 0.675. The normalized spacial score (nSPS) is 11.1. The van der Waals surface area contributed by atoms with Gasteiger partial charge in [0.25, 0.3) is 0 Å². The Morgan fingerprint density at radius 3 is 2.76 bits per heavy atom. The van der Waals surface area contributed by atoms with E-state index in [1.54, 1.807) is 0 Å². The average Bonchev–Trinajstić information content (AvgIpc) is 2.96. The van der Waals surface area contributed by atoms with Gasteiger partial charge in [0.15, 0.2) is 0 Å². The minimum Gasteiger partial charge on any atom is -0.313 e. The Hall–Kier alpha value is -1.64. The van der Waals surface area contributed by atoms with Gasteiger partial charge in [-0.05, 0) is 59.0 Å². The summed E-state index contributed by atoms with van der Waals surface area (Å²) in [5.41, 5.74) is 5.42. The smallest absolute Gasteiger partial charge is 0.0421 e. The van der Waals surface area contributed by atoms with E-state index in [2.05, 4.69) is 67.0 Å². The number of hydrogen-bond donors (Lipinski definition) is 1. The Balaban J connectivity index is 1.94. The third kappa shape index (κ3) is 3.02. The fraction of sp³-hybridized carbons (Fsp3) is 0.263. The van der Waals surface area contributed by atoms with Crippen LogP contribution in [-0.4, -0.2) is 6.54 Å². The summed E-state index contributed by atoms with van der Waals surface area (Å²) in [5, 5.41) is 6.98. The maximum Gasteiger partial charge on any atom is 0.0421 e. The number of rotatable bonds is 5. The molecule has 1 N–H and O–H groups in total. The van der Waals surface area contributed by atoms with Gasteiger partial charge in [0, 0.05) is 11.2 Å². The Labute approximate surface area is 130 Å². The second kappa shape index (κ2) is 6.42. The predicted molar refractivity (Wildman–Crippen MR) is 94.0 cm³/mol. The first-order chi connectivity index (χ1) is 10.3. The van der Waals surface area contributed by atoms with Crippen LogP contribution >= 0.6 is 11.3 Å². The van der Waals surface area contributed by atoms with Crippen molar-refractivity contribution in [3.63, 3.8) is 0 Å². The molecule has 0 aliphatic rings. The van der Waals surface area contributed by atoms with Crippen molar-refractivity contribution >= 4 is 21.4 Å². The van der Waals surface area contributed by atoms with Crippen LogP contribution in [0.25, 0.3) is 21.2 Å². The molecule has 1 aromatic heterocycles. The van der Waals surface area contributed by atoms with Crippen molar-refractivity contribution in [2.45, 2.75) is 26.8 Å². The van der Waals surface area contributed by atoms with Crippen LogP contribution < -0.4 is 5.32 Å². The van der Waals surface area contributed by atoms with Crippen molar-refractivity contribution in [1.29, 1.82) is 0 Å². The number of fused-ring (bicyclic) bond motifs is 1. The van der Waals surface area contributed by atoms with Gasteiger partial charge in [0.1, 0.15) is 0 Å². The Morgan fingerprint density at radius 2 is 1.95 bits per heavy atom.